The number of hydrogen-bond donors (Lipinski definition) is 1. The predicted octanol–water partition coefficient (Wildman–Crippen LogP) is 3.53. The molecule has 0 fully saturated rings. The molecule has 3 rings (SSSR count). The zero-order valence-corrected chi connectivity index (χ0v) is 10.2. The summed E-state index contributed by atoms with van der Waals surface area (Å²) in [6.07, 6.45) is 0.883. The molecule has 0 bridgehead atoms. The Morgan fingerprint density at radius 1 is 1.24 bits per heavy atom. The van der Waals surface area contributed by atoms with E-state index in [2.05, 4.69) is 11.4 Å². The number of carbonyl (C=O) groups is 1. The number of rotatable bonds is 2. The smallest absolute Gasteiger partial charge is 0.180 e. The Bertz CT molecular complexity index is 533. The fraction of sp³-hybridized carbons (Fsp3) is 0.214. The van der Waals surface area contributed by atoms with Gasteiger partial charge in [-0.15, -0.1) is 11.3 Å². The lowest BCUT2D eigenvalue weighted by Gasteiger charge is -2.25. The highest BCUT2D eigenvalue weighted by Gasteiger charge is 2.27. The summed E-state index contributed by atoms with van der Waals surface area (Å²) < 4.78 is 0. The average molecular weight is 243 g/mol. The van der Waals surface area contributed by atoms with Crippen molar-refractivity contribution in [1.29, 1.82) is 0 Å². The van der Waals surface area contributed by atoms with Crippen molar-refractivity contribution >= 4 is 22.8 Å². The maximum Gasteiger partial charge on any atom is 0.180 e. The number of fused-ring (bicyclic) bond motifs is 1. The van der Waals surface area contributed by atoms with Crippen molar-refractivity contribution in [3.8, 4) is 0 Å². The van der Waals surface area contributed by atoms with Crippen LogP contribution in [0, 0.1) is 0 Å². The lowest BCUT2D eigenvalue weighted by molar-refractivity contribution is 0.0959. The Morgan fingerprint density at radius 3 is 2.94 bits per heavy atom. The fourth-order valence-electron chi connectivity index (χ4n) is 2.33. The van der Waals surface area contributed by atoms with Gasteiger partial charge in [-0.05, 0) is 29.5 Å². The Labute approximate surface area is 104 Å². The first-order valence-corrected chi connectivity index (χ1v) is 6.65. The Morgan fingerprint density at radius 2 is 2.12 bits per heavy atom. The van der Waals surface area contributed by atoms with E-state index >= 15 is 0 Å². The normalized spacial score (nSPS) is 18.2. The maximum absolute atomic E-state index is 12.4. The molecule has 1 aromatic heterocycles. The number of thiophene rings is 1. The molecule has 86 valence electrons. The van der Waals surface area contributed by atoms with E-state index in [0.717, 1.165) is 29.1 Å². The van der Waals surface area contributed by atoms with Crippen LogP contribution in [0.3, 0.4) is 0 Å². The van der Waals surface area contributed by atoms with E-state index in [1.807, 2.05) is 35.7 Å². The number of benzene rings is 1. The largest absolute Gasteiger partial charge is 0.385 e. The van der Waals surface area contributed by atoms with Crippen molar-refractivity contribution in [3.63, 3.8) is 0 Å². The highest BCUT2D eigenvalue weighted by molar-refractivity contribution is 7.12. The standard InChI is InChI=1S/C14H13NOS/c16-14(13-6-3-9-17-13)11-7-8-15-12-5-2-1-4-10(11)12/h1-6,9,11,15H,7-8H2. The first-order valence-electron chi connectivity index (χ1n) is 5.77. The summed E-state index contributed by atoms with van der Waals surface area (Å²) >= 11 is 1.53. The molecule has 1 atom stereocenters. The van der Waals surface area contributed by atoms with Gasteiger partial charge in [0.05, 0.1) is 10.8 Å². The van der Waals surface area contributed by atoms with Crippen molar-refractivity contribution in [2.75, 3.05) is 11.9 Å². The van der Waals surface area contributed by atoms with Gasteiger partial charge in [0.2, 0.25) is 0 Å². The Balaban J connectivity index is 1.98. The van der Waals surface area contributed by atoms with Gasteiger partial charge in [-0.25, -0.2) is 0 Å². The zero-order chi connectivity index (χ0) is 11.7. The molecule has 1 aromatic carbocycles. The quantitative estimate of drug-likeness (QED) is 0.817. The number of ketones is 1. The van der Waals surface area contributed by atoms with Crippen LogP contribution in [-0.2, 0) is 0 Å². The summed E-state index contributed by atoms with van der Waals surface area (Å²) in [4.78, 5) is 13.3. The summed E-state index contributed by atoms with van der Waals surface area (Å²) in [6.45, 7) is 0.874. The molecule has 17 heavy (non-hydrogen) atoms. The van der Waals surface area contributed by atoms with Gasteiger partial charge in [-0.2, -0.15) is 0 Å². The molecule has 1 aliphatic heterocycles. The minimum Gasteiger partial charge on any atom is -0.385 e. The van der Waals surface area contributed by atoms with E-state index in [4.69, 9.17) is 0 Å². The minimum atomic E-state index is 0.0195. The van der Waals surface area contributed by atoms with E-state index in [1.54, 1.807) is 0 Å². The molecule has 1 unspecified atom stereocenters. The molecular formula is C14H13NOS. The molecule has 1 aliphatic rings. The van der Waals surface area contributed by atoms with Gasteiger partial charge < -0.3 is 5.32 Å². The Hall–Kier alpha value is -1.61. The molecule has 0 aliphatic carbocycles. The molecule has 2 heterocycles. The van der Waals surface area contributed by atoms with Crippen LogP contribution in [0.15, 0.2) is 41.8 Å². The number of carbonyl (C=O) groups excluding carboxylic acids is 1. The summed E-state index contributed by atoms with van der Waals surface area (Å²) in [5.74, 6) is 0.278. The minimum absolute atomic E-state index is 0.0195. The summed E-state index contributed by atoms with van der Waals surface area (Å²) in [6, 6.07) is 12.0. The van der Waals surface area contributed by atoms with Gasteiger partial charge in [0, 0.05) is 12.2 Å². The molecule has 3 heteroatoms. The molecule has 0 saturated heterocycles. The van der Waals surface area contributed by atoms with Crippen molar-refractivity contribution in [1.82, 2.24) is 0 Å². The fourth-order valence-corrected chi connectivity index (χ4v) is 3.05. The van der Waals surface area contributed by atoms with Crippen LogP contribution < -0.4 is 5.32 Å². The molecule has 0 spiro atoms. The first kappa shape index (κ1) is 10.5. The van der Waals surface area contributed by atoms with Crippen LogP contribution in [0.25, 0.3) is 0 Å². The van der Waals surface area contributed by atoms with Crippen LogP contribution in [0.4, 0.5) is 5.69 Å². The third-order valence-electron chi connectivity index (χ3n) is 3.17. The summed E-state index contributed by atoms with van der Waals surface area (Å²) in [7, 11) is 0. The second-order valence-electron chi connectivity index (χ2n) is 4.20. The molecular weight excluding hydrogens is 230 g/mol. The molecule has 0 saturated carbocycles. The number of Topliss-reactive ketones (excluding diaryl/α,β-unsaturated/α-hetero) is 1. The van der Waals surface area contributed by atoms with Gasteiger partial charge in [0.25, 0.3) is 0 Å². The predicted molar refractivity (Wildman–Crippen MR) is 70.9 cm³/mol. The SMILES string of the molecule is O=C(c1cccs1)C1CCNc2ccccc21. The monoisotopic (exact) mass is 243 g/mol. The number of para-hydroxylation sites is 1. The van der Waals surface area contributed by atoms with Gasteiger partial charge in [-0.1, -0.05) is 24.3 Å². The van der Waals surface area contributed by atoms with Crippen molar-refractivity contribution in [3.05, 3.63) is 52.2 Å². The first-order chi connectivity index (χ1) is 8.36. The highest BCUT2D eigenvalue weighted by Crippen LogP contribution is 2.34. The van der Waals surface area contributed by atoms with Crippen molar-refractivity contribution < 1.29 is 4.79 Å². The number of nitrogens with one attached hydrogen (secondary N) is 1. The van der Waals surface area contributed by atoms with E-state index in [1.165, 1.54) is 11.3 Å². The third-order valence-corrected chi connectivity index (χ3v) is 4.05. The average Bonchev–Trinajstić information content (AvgIpc) is 2.91. The lowest BCUT2D eigenvalue weighted by Crippen LogP contribution is -2.22. The van der Waals surface area contributed by atoms with E-state index < -0.39 is 0 Å². The van der Waals surface area contributed by atoms with Gasteiger partial charge in [0.1, 0.15) is 0 Å². The molecule has 0 radical (unpaired) electrons. The van der Waals surface area contributed by atoms with Crippen molar-refractivity contribution in [2.24, 2.45) is 0 Å². The van der Waals surface area contributed by atoms with Crippen LogP contribution in [0.1, 0.15) is 27.6 Å². The highest BCUT2D eigenvalue weighted by atomic mass is 32.1. The van der Waals surface area contributed by atoms with Crippen LogP contribution in [-0.4, -0.2) is 12.3 Å². The maximum atomic E-state index is 12.4. The topological polar surface area (TPSA) is 29.1 Å². The summed E-state index contributed by atoms with van der Waals surface area (Å²) in [5.41, 5.74) is 2.24. The van der Waals surface area contributed by atoms with Crippen molar-refractivity contribution in [2.45, 2.75) is 12.3 Å². The second-order valence-corrected chi connectivity index (χ2v) is 5.14. The molecule has 1 N–H and O–H groups in total. The summed E-state index contributed by atoms with van der Waals surface area (Å²) in [5, 5.41) is 5.30. The van der Waals surface area contributed by atoms with E-state index in [-0.39, 0.29) is 11.7 Å². The van der Waals surface area contributed by atoms with E-state index in [0.29, 0.717) is 0 Å². The van der Waals surface area contributed by atoms with E-state index in [9.17, 15) is 4.79 Å². The van der Waals surface area contributed by atoms with Gasteiger partial charge in [0.15, 0.2) is 5.78 Å². The third kappa shape index (κ3) is 1.87. The molecule has 0 amide bonds. The second kappa shape index (κ2) is 4.34. The number of anilines is 1. The molecule has 2 nitrogen and oxygen atoms in total. The van der Waals surface area contributed by atoms with Crippen LogP contribution in [0.5, 0.6) is 0 Å². The van der Waals surface area contributed by atoms with Crippen LogP contribution in [0.2, 0.25) is 0 Å². The van der Waals surface area contributed by atoms with Gasteiger partial charge in [-0.3, -0.25) is 4.79 Å². The molecule has 2 aromatic rings. The van der Waals surface area contributed by atoms with Gasteiger partial charge >= 0.3 is 0 Å². The lowest BCUT2D eigenvalue weighted by atomic mass is 9.87. The Kier molecular flexibility index (Phi) is 2.69. The zero-order valence-electron chi connectivity index (χ0n) is 9.35. The van der Waals surface area contributed by atoms with Crippen LogP contribution >= 0.6 is 11.3 Å². The number of hydrogen-bond acceptors (Lipinski definition) is 3.